The summed E-state index contributed by atoms with van der Waals surface area (Å²) in [6.45, 7) is 6.06. The van der Waals surface area contributed by atoms with E-state index in [1.807, 2.05) is 30.3 Å². The highest BCUT2D eigenvalue weighted by Crippen LogP contribution is 2.20. The van der Waals surface area contributed by atoms with E-state index in [0.717, 1.165) is 25.1 Å². The van der Waals surface area contributed by atoms with Gasteiger partial charge in [-0.15, -0.1) is 0 Å². The van der Waals surface area contributed by atoms with Gasteiger partial charge in [-0.2, -0.15) is 0 Å². The third kappa shape index (κ3) is 3.84. The summed E-state index contributed by atoms with van der Waals surface area (Å²) in [6.07, 6.45) is 0.348. The molecule has 0 fully saturated rings. The number of hydrogen-bond donors (Lipinski definition) is 1. The Morgan fingerprint density at radius 3 is 2.45 bits per heavy atom. The van der Waals surface area contributed by atoms with E-state index in [4.69, 9.17) is 0 Å². The molecule has 0 bridgehead atoms. The van der Waals surface area contributed by atoms with Crippen LogP contribution in [-0.2, 0) is 0 Å². The summed E-state index contributed by atoms with van der Waals surface area (Å²) in [4.78, 5) is 2.30. The van der Waals surface area contributed by atoms with Gasteiger partial charge < -0.3 is 10.0 Å². The maximum atomic E-state index is 10.2. The normalized spacial score (nSPS) is 12.2. The quantitative estimate of drug-likeness (QED) is 0.858. The molecule has 0 saturated heterocycles. The molecule has 0 aliphatic carbocycles. The standard InChI is InChI=1S/C18H23NO/c1-3-19(17-11-7-8-15(2)14-17)13-12-18(20)16-9-5-4-6-10-16/h4-11,14,18,20H,3,12-13H2,1-2H3. The fourth-order valence-corrected chi connectivity index (χ4v) is 2.41. The highest BCUT2D eigenvalue weighted by molar-refractivity contribution is 5.48. The lowest BCUT2D eigenvalue weighted by atomic mass is 10.1. The summed E-state index contributed by atoms with van der Waals surface area (Å²) in [5.74, 6) is 0. The largest absolute Gasteiger partial charge is 0.388 e. The van der Waals surface area contributed by atoms with Crippen LogP contribution in [0.2, 0.25) is 0 Å². The molecule has 2 heteroatoms. The molecule has 20 heavy (non-hydrogen) atoms. The number of aliphatic hydroxyl groups is 1. The van der Waals surface area contributed by atoms with Crippen LogP contribution in [0.5, 0.6) is 0 Å². The Hall–Kier alpha value is -1.80. The number of aryl methyl sites for hydroxylation is 1. The van der Waals surface area contributed by atoms with Crippen LogP contribution in [-0.4, -0.2) is 18.2 Å². The fourth-order valence-electron chi connectivity index (χ4n) is 2.41. The molecule has 0 aliphatic rings. The van der Waals surface area contributed by atoms with Gasteiger partial charge in [0.1, 0.15) is 0 Å². The lowest BCUT2D eigenvalue weighted by Crippen LogP contribution is -2.25. The summed E-state index contributed by atoms with van der Waals surface area (Å²) < 4.78 is 0. The molecular formula is C18H23NO. The van der Waals surface area contributed by atoms with Crippen LogP contribution < -0.4 is 4.90 Å². The van der Waals surface area contributed by atoms with E-state index in [9.17, 15) is 5.11 Å². The minimum atomic E-state index is -0.393. The molecule has 1 atom stereocenters. The van der Waals surface area contributed by atoms with Crippen molar-refractivity contribution in [3.8, 4) is 0 Å². The Balaban J connectivity index is 1.97. The van der Waals surface area contributed by atoms with Crippen molar-refractivity contribution < 1.29 is 5.11 Å². The average molecular weight is 269 g/mol. The number of anilines is 1. The van der Waals surface area contributed by atoms with Crippen molar-refractivity contribution in [2.45, 2.75) is 26.4 Å². The number of rotatable bonds is 6. The highest BCUT2D eigenvalue weighted by Gasteiger charge is 2.10. The van der Waals surface area contributed by atoms with E-state index in [1.165, 1.54) is 11.3 Å². The van der Waals surface area contributed by atoms with Gasteiger partial charge in [-0.05, 0) is 43.5 Å². The number of aliphatic hydroxyl groups excluding tert-OH is 1. The zero-order valence-corrected chi connectivity index (χ0v) is 12.3. The first-order chi connectivity index (χ1) is 9.70. The number of hydrogen-bond acceptors (Lipinski definition) is 2. The Bertz CT molecular complexity index is 524. The summed E-state index contributed by atoms with van der Waals surface area (Å²) in [5.41, 5.74) is 3.49. The van der Waals surface area contributed by atoms with Gasteiger partial charge in [0, 0.05) is 18.8 Å². The summed E-state index contributed by atoms with van der Waals surface area (Å²) in [7, 11) is 0. The van der Waals surface area contributed by atoms with E-state index in [2.05, 4.69) is 43.0 Å². The molecule has 2 aromatic carbocycles. The van der Waals surface area contributed by atoms with Gasteiger partial charge in [-0.3, -0.25) is 0 Å². The predicted octanol–water partition coefficient (Wildman–Crippen LogP) is 3.95. The van der Waals surface area contributed by atoms with Gasteiger partial charge in [-0.25, -0.2) is 0 Å². The minimum absolute atomic E-state index is 0.393. The van der Waals surface area contributed by atoms with Crippen molar-refractivity contribution in [3.63, 3.8) is 0 Å². The van der Waals surface area contributed by atoms with Crippen molar-refractivity contribution in [1.82, 2.24) is 0 Å². The zero-order valence-electron chi connectivity index (χ0n) is 12.3. The molecule has 0 spiro atoms. The van der Waals surface area contributed by atoms with Crippen molar-refractivity contribution in [2.24, 2.45) is 0 Å². The Morgan fingerprint density at radius 1 is 1.05 bits per heavy atom. The van der Waals surface area contributed by atoms with Gasteiger partial charge in [0.2, 0.25) is 0 Å². The van der Waals surface area contributed by atoms with Crippen molar-refractivity contribution >= 4 is 5.69 Å². The maximum absolute atomic E-state index is 10.2. The van der Waals surface area contributed by atoms with Crippen molar-refractivity contribution in [1.29, 1.82) is 0 Å². The van der Waals surface area contributed by atoms with Gasteiger partial charge in [0.05, 0.1) is 6.10 Å². The second kappa shape index (κ2) is 7.11. The van der Waals surface area contributed by atoms with Gasteiger partial charge in [-0.1, -0.05) is 42.5 Å². The molecule has 0 saturated carbocycles. The molecule has 106 valence electrons. The van der Waals surface area contributed by atoms with E-state index >= 15 is 0 Å². The molecule has 0 aromatic heterocycles. The van der Waals surface area contributed by atoms with Crippen LogP contribution in [0.1, 0.15) is 30.6 Å². The van der Waals surface area contributed by atoms with Crippen LogP contribution >= 0.6 is 0 Å². The molecule has 0 radical (unpaired) electrons. The minimum Gasteiger partial charge on any atom is -0.388 e. The SMILES string of the molecule is CCN(CCC(O)c1ccccc1)c1cccc(C)c1. The molecule has 2 aromatic rings. The summed E-state index contributed by atoms with van der Waals surface area (Å²) >= 11 is 0. The highest BCUT2D eigenvalue weighted by atomic mass is 16.3. The number of benzene rings is 2. The molecule has 2 nitrogen and oxygen atoms in total. The van der Waals surface area contributed by atoms with Gasteiger partial charge in [0.25, 0.3) is 0 Å². The molecule has 0 amide bonds. The second-order valence-corrected chi connectivity index (χ2v) is 5.13. The predicted molar refractivity (Wildman–Crippen MR) is 85.1 cm³/mol. The average Bonchev–Trinajstić information content (AvgIpc) is 2.48. The first-order valence-electron chi connectivity index (χ1n) is 7.25. The Labute approximate surface area is 121 Å². The lowest BCUT2D eigenvalue weighted by molar-refractivity contribution is 0.169. The second-order valence-electron chi connectivity index (χ2n) is 5.13. The maximum Gasteiger partial charge on any atom is 0.0806 e. The lowest BCUT2D eigenvalue weighted by Gasteiger charge is -2.25. The molecule has 1 N–H and O–H groups in total. The smallest absolute Gasteiger partial charge is 0.0806 e. The van der Waals surface area contributed by atoms with E-state index in [-0.39, 0.29) is 0 Å². The monoisotopic (exact) mass is 269 g/mol. The van der Waals surface area contributed by atoms with Crippen LogP contribution in [0.25, 0.3) is 0 Å². The summed E-state index contributed by atoms with van der Waals surface area (Å²) in [5, 5.41) is 10.2. The van der Waals surface area contributed by atoms with Crippen LogP contribution in [0.4, 0.5) is 5.69 Å². The molecule has 0 aliphatic heterocycles. The van der Waals surface area contributed by atoms with E-state index in [1.54, 1.807) is 0 Å². The van der Waals surface area contributed by atoms with E-state index < -0.39 is 6.10 Å². The first-order valence-corrected chi connectivity index (χ1v) is 7.25. The summed E-state index contributed by atoms with van der Waals surface area (Å²) in [6, 6.07) is 18.4. The van der Waals surface area contributed by atoms with Crippen LogP contribution in [0.15, 0.2) is 54.6 Å². The molecular weight excluding hydrogens is 246 g/mol. The van der Waals surface area contributed by atoms with E-state index in [0.29, 0.717) is 0 Å². The van der Waals surface area contributed by atoms with Crippen LogP contribution in [0.3, 0.4) is 0 Å². The third-order valence-electron chi connectivity index (χ3n) is 3.61. The molecule has 1 unspecified atom stereocenters. The van der Waals surface area contributed by atoms with Crippen LogP contribution in [0, 0.1) is 6.92 Å². The Kier molecular flexibility index (Phi) is 5.19. The van der Waals surface area contributed by atoms with Crippen molar-refractivity contribution in [3.05, 3.63) is 65.7 Å². The topological polar surface area (TPSA) is 23.5 Å². The van der Waals surface area contributed by atoms with Gasteiger partial charge in [0.15, 0.2) is 0 Å². The van der Waals surface area contributed by atoms with Gasteiger partial charge >= 0.3 is 0 Å². The fraction of sp³-hybridized carbons (Fsp3) is 0.333. The third-order valence-corrected chi connectivity index (χ3v) is 3.61. The zero-order chi connectivity index (χ0) is 14.4. The first kappa shape index (κ1) is 14.6. The molecule has 2 rings (SSSR count). The Morgan fingerprint density at radius 2 is 1.80 bits per heavy atom. The molecule has 0 heterocycles. The van der Waals surface area contributed by atoms with Crippen molar-refractivity contribution in [2.75, 3.05) is 18.0 Å². The number of nitrogens with zero attached hydrogens (tertiary/aromatic N) is 1.